The van der Waals surface area contributed by atoms with Gasteiger partial charge in [-0.1, -0.05) is 97.9 Å². The van der Waals surface area contributed by atoms with Crippen LogP contribution in [0.4, 0.5) is 0 Å². The molecule has 3 aromatic carbocycles. The van der Waals surface area contributed by atoms with Crippen molar-refractivity contribution in [2.75, 3.05) is 19.6 Å². The van der Waals surface area contributed by atoms with Gasteiger partial charge in [0.2, 0.25) is 5.91 Å². The number of rotatable bonds is 11. The maximum atomic E-state index is 13.2. The normalized spacial score (nSPS) is 18.3. The molecule has 0 aromatic heterocycles. The summed E-state index contributed by atoms with van der Waals surface area (Å²) in [4.78, 5) is 15.7. The summed E-state index contributed by atoms with van der Waals surface area (Å²) in [7, 11) is 0. The third-order valence-corrected chi connectivity index (χ3v) is 7.79. The fourth-order valence-electron chi connectivity index (χ4n) is 5.75. The molecule has 4 heteroatoms. The van der Waals surface area contributed by atoms with Crippen LogP contribution in [-0.4, -0.2) is 35.5 Å². The van der Waals surface area contributed by atoms with E-state index in [1.807, 2.05) is 91.0 Å². The Morgan fingerprint density at radius 1 is 0.914 bits per heavy atom. The van der Waals surface area contributed by atoms with Gasteiger partial charge < -0.3 is 15.7 Å². The van der Waals surface area contributed by atoms with Gasteiger partial charge in [-0.15, -0.1) is 0 Å². The molecule has 3 atom stereocenters. The van der Waals surface area contributed by atoms with Crippen molar-refractivity contribution in [2.24, 2.45) is 17.6 Å². The highest BCUT2D eigenvalue weighted by molar-refractivity contribution is 5.91. The summed E-state index contributed by atoms with van der Waals surface area (Å²) >= 11 is 0. The number of primary amides is 1. The Labute approximate surface area is 209 Å². The highest BCUT2D eigenvalue weighted by Crippen LogP contribution is 2.43. The van der Waals surface area contributed by atoms with E-state index in [4.69, 9.17) is 5.73 Å². The molecule has 4 nitrogen and oxygen atoms in total. The molecule has 3 aromatic rings. The van der Waals surface area contributed by atoms with Crippen molar-refractivity contribution in [1.82, 2.24) is 4.90 Å². The fourth-order valence-corrected chi connectivity index (χ4v) is 5.75. The molecule has 0 spiro atoms. The van der Waals surface area contributed by atoms with E-state index in [1.165, 1.54) is 0 Å². The predicted molar refractivity (Wildman–Crippen MR) is 142 cm³/mol. The van der Waals surface area contributed by atoms with Gasteiger partial charge >= 0.3 is 0 Å². The molecule has 1 aliphatic heterocycles. The third kappa shape index (κ3) is 5.66. The SMILES string of the molecule is CC(CCC(O)c1ccccc1)CCN1CCC(C(C(N)=O)(c2ccccc2)c2ccccc2)C1. The van der Waals surface area contributed by atoms with Crippen molar-refractivity contribution in [1.29, 1.82) is 0 Å². The predicted octanol–water partition coefficient (Wildman–Crippen LogP) is 5.32. The molecular formula is C31H38N2O2. The second-order valence-corrected chi connectivity index (χ2v) is 10.1. The molecule has 1 fully saturated rings. The van der Waals surface area contributed by atoms with Crippen molar-refractivity contribution in [3.8, 4) is 0 Å². The molecular weight excluding hydrogens is 432 g/mol. The van der Waals surface area contributed by atoms with Gasteiger partial charge in [0, 0.05) is 6.54 Å². The molecule has 0 aliphatic carbocycles. The van der Waals surface area contributed by atoms with E-state index < -0.39 is 11.5 Å². The van der Waals surface area contributed by atoms with Crippen LogP contribution in [0.5, 0.6) is 0 Å². The van der Waals surface area contributed by atoms with E-state index in [-0.39, 0.29) is 11.8 Å². The summed E-state index contributed by atoms with van der Waals surface area (Å²) in [5.41, 5.74) is 8.34. The Hall–Kier alpha value is -2.95. The van der Waals surface area contributed by atoms with Crippen molar-refractivity contribution in [2.45, 2.75) is 44.1 Å². The van der Waals surface area contributed by atoms with Crippen molar-refractivity contribution in [3.63, 3.8) is 0 Å². The summed E-state index contributed by atoms with van der Waals surface area (Å²) < 4.78 is 0. The number of hydrogen-bond donors (Lipinski definition) is 2. The summed E-state index contributed by atoms with van der Waals surface area (Å²) in [6.07, 6.45) is 3.39. The van der Waals surface area contributed by atoms with Crippen LogP contribution in [-0.2, 0) is 10.2 Å². The number of nitrogens with two attached hydrogens (primary N) is 1. The zero-order valence-corrected chi connectivity index (χ0v) is 20.7. The number of aliphatic hydroxyl groups excluding tert-OH is 1. The van der Waals surface area contributed by atoms with E-state index in [1.54, 1.807) is 0 Å². The molecule has 3 N–H and O–H groups in total. The first-order valence-corrected chi connectivity index (χ1v) is 12.9. The van der Waals surface area contributed by atoms with Crippen molar-refractivity contribution < 1.29 is 9.90 Å². The summed E-state index contributed by atoms with van der Waals surface area (Å²) in [6, 6.07) is 30.0. The maximum Gasteiger partial charge on any atom is 0.232 e. The first kappa shape index (κ1) is 25.2. The zero-order chi connectivity index (χ0) is 24.7. The Bertz CT molecular complexity index is 1020. The molecule has 184 valence electrons. The lowest BCUT2D eigenvalue weighted by Gasteiger charge is -2.37. The van der Waals surface area contributed by atoms with E-state index in [0.29, 0.717) is 5.92 Å². The van der Waals surface area contributed by atoms with Crippen LogP contribution < -0.4 is 5.73 Å². The topological polar surface area (TPSA) is 66.6 Å². The number of carbonyl (C=O) groups excluding carboxylic acids is 1. The number of benzene rings is 3. The Morgan fingerprint density at radius 3 is 2.00 bits per heavy atom. The third-order valence-electron chi connectivity index (χ3n) is 7.79. The van der Waals surface area contributed by atoms with Crippen LogP contribution in [0, 0.1) is 11.8 Å². The van der Waals surface area contributed by atoms with E-state index in [0.717, 1.165) is 62.0 Å². The smallest absolute Gasteiger partial charge is 0.232 e. The molecule has 3 unspecified atom stereocenters. The average molecular weight is 471 g/mol. The zero-order valence-electron chi connectivity index (χ0n) is 20.7. The number of nitrogens with zero attached hydrogens (tertiary/aromatic N) is 1. The number of amides is 1. The minimum absolute atomic E-state index is 0.125. The second kappa shape index (κ2) is 11.7. The van der Waals surface area contributed by atoms with Gasteiger partial charge in [0.05, 0.1) is 6.10 Å². The number of carbonyl (C=O) groups is 1. The van der Waals surface area contributed by atoms with Crippen molar-refractivity contribution >= 4 is 5.91 Å². The standard InChI is InChI=1S/C31H38N2O2/c1-24(17-18-29(34)25-11-5-2-6-12-25)19-21-33-22-20-28(23-33)31(30(32)35,26-13-7-3-8-14-26)27-15-9-4-10-16-27/h2-16,24,28-29,34H,17-23H2,1H3,(H2,32,35). The minimum atomic E-state index is -0.831. The lowest BCUT2D eigenvalue weighted by atomic mass is 9.64. The van der Waals surface area contributed by atoms with Crippen LogP contribution >= 0.6 is 0 Å². The van der Waals surface area contributed by atoms with Gasteiger partial charge in [0.15, 0.2) is 0 Å². The molecule has 35 heavy (non-hydrogen) atoms. The van der Waals surface area contributed by atoms with E-state index in [9.17, 15) is 9.90 Å². The molecule has 4 rings (SSSR count). The summed E-state index contributed by atoms with van der Waals surface area (Å²) in [5, 5.41) is 10.5. The molecule has 1 amide bonds. The Balaban J connectivity index is 1.40. The van der Waals surface area contributed by atoms with E-state index in [2.05, 4.69) is 11.8 Å². The largest absolute Gasteiger partial charge is 0.388 e. The van der Waals surface area contributed by atoms with Crippen LogP contribution in [0.1, 0.15) is 55.4 Å². The highest BCUT2D eigenvalue weighted by atomic mass is 16.3. The lowest BCUT2D eigenvalue weighted by Crippen LogP contribution is -2.49. The van der Waals surface area contributed by atoms with Gasteiger partial charge in [-0.05, 0) is 67.3 Å². The lowest BCUT2D eigenvalue weighted by molar-refractivity contribution is -0.123. The molecule has 0 radical (unpaired) electrons. The van der Waals surface area contributed by atoms with Crippen LogP contribution in [0.3, 0.4) is 0 Å². The quantitative estimate of drug-likeness (QED) is 0.399. The molecule has 0 bridgehead atoms. The molecule has 1 heterocycles. The van der Waals surface area contributed by atoms with Gasteiger partial charge in [-0.3, -0.25) is 4.79 Å². The molecule has 1 aliphatic rings. The van der Waals surface area contributed by atoms with Gasteiger partial charge in [-0.2, -0.15) is 0 Å². The first-order valence-electron chi connectivity index (χ1n) is 12.9. The molecule has 0 saturated carbocycles. The highest BCUT2D eigenvalue weighted by Gasteiger charge is 2.49. The van der Waals surface area contributed by atoms with E-state index >= 15 is 0 Å². The monoisotopic (exact) mass is 470 g/mol. The van der Waals surface area contributed by atoms with Crippen molar-refractivity contribution in [3.05, 3.63) is 108 Å². The van der Waals surface area contributed by atoms with Crippen LogP contribution in [0.25, 0.3) is 0 Å². The number of likely N-dealkylation sites (tertiary alicyclic amines) is 1. The van der Waals surface area contributed by atoms with Crippen LogP contribution in [0.15, 0.2) is 91.0 Å². The fraction of sp³-hybridized carbons (Fsp3) is 0.387. The first-order chi connectivity index (χ1) is 17.0. The average Bonchev–Trinajstić information content (AvgIpc) is 3.37. The van der Waals surface area contributed by atoms with Crippen LogP contribution in [0.2, 0.25) is 0 Å². The number of aliphatic hydroxyl groups is 1. The second-order valence-electron chi connectivity index (χ2n) is 10.1. The van der Waals surface area contributed by atoms with Gasteiger partial charge in [0.25, 0.3) is 0 Å². The Kier molecular flexibility index (Phi) is 8.37. The number of hydrogen-bond acceptors (Lipinski definition) is 3. The Morgan fingerprint density at radius 2 is 1.46 bits per heavy atom. The summed E-state index contributed by atoms with van der Waals surface area (Å²) in [6.45, 7) is 5.09. The van der Waals surface area contributed by atoms with Gasteiger partial charge in [-0.25, -0.2) is 0 Å². The van der Waals surface area contributed by atoms with Gasteiger partial charge in [0.1, 0.15) is 5.41 Å². The molecule has 1 saturated heterocycles. The summed E-state index contributed by atoms with van der Waals surface area (Å²) in [5.74, 6) is 0.376. The maximum absolute atomic E-state index is 13.2. The minimum Gasteiger partial charge on any atom is -0.388 e.